The number of hydrogen-bond donors (Lipinski definition) is 3. The van der Waals surface area contributed by atoms with E-state index in [0.29, 0.717) is 31.8 Å². The number of esters is 1. The van der Waals surface area contributed by atoms with Crippen molar-refractivity contribution in [3.05, 3.63) is 35.9 Å². The fraction of sp³-hybridized carbons (Fsp3) is 0.615. The number of likely N-dealkylation sites (tertiary alicyclic amines) is 1. The van der Waals surface area contributed by atoms with Gasteiger partial charge < -0.3 is 25.6 Å². The zero-order valence-corrected chi connectivity index (χ0v) is 21.8. The van der Waals surface area contributed by atoms with Crippen LogP contribution in [0.3, 0.4) is 0 Å². The van der Waals surface area contributed by atoms with Gasteiger partial charge in [-0.15, -0.1) is 12.4 Å². The lowest BCUT2D eigenvalue weighted by atomic mass is 9.92. The van der Waals surface area contributed by atoms with Crippen LogP contribution in [-0.2, 0) is 30.5 Å². The Balaban J connectivity index is 0.00000456. The van der Waals surface area contributed by atoms with Crippen molar-refractivity contribution in [3.8, 4) is 0 Å². The van der Waals surface area contributed by atoms with Gasteiger partial charge >= 0.3 is 5.97 Å². The van der Waals surface area contributed by atoms with Gasteiger partial charge in [0.05, 0.1) is 5.92 Å². The molecule has 10 heteroatoms. The topological polar surface area (TPSA) is 117 Å². The molecule has 3 N–H and O–H groups in total. The average Bonchev–Trinajstić information content (AvgIpc) is 2.89. The van der Waals surface area contributed by atoms with Crippen LogP contribution in [0.15, 0.2) is 30.3 Å². The zero-order valence-electron chi connectivity index (χ0n) is 21.0. The van der Waals surface area contributed by atoms with Crippen molar-refractivity contribution >= 4 is 36.1 Å². The predicted octanol–water partition coefficient (Wildman–Crippen LogP) is 1.79. The molecule has 0 bridgehead atoms. The van der Waals surface area contributed by atoms with E-state index >= 15 is 0 Å². The number of carbonyl (C=O) groups is 4. The summed E-state index contributed by atoms with van der Waals surface area (Å²) >= 11 is 0. The molecule has 3 rings (SSSR count). The molecular formula is C26H39ClN4O5. The molecule has 0 radical (unpaired) electrons. The van der Waals surface area contributed by atoms with E-state index in [-0.39, 0.29) is 49.2 Å². The maximum absolute atomic E-state index is 12.8. The Morgan fingerprint density at radius 1 is 1.11 bits per heavy atom. The number of rotatable bonds is 10. The molecule has 2 fully saturated rings. The monoisotopic (exact) mass is 522 g/mol. The summed E-state index contributed by atoms with van der Waals surface area (Å²) in [6.45, 7) is 4.43. The summed E-state index contributed by atoms with van der Waals surface area (Å²) < 4.78 is 5.33. The molecule has 1 aromatic rings. The van der Waals surface area contributed by atoms with Gasteiger partial charge in [0, 0.05) is 33.0 Å². The Kier molecular flexibility index (Phi) is 12.7. The Bertz CT molecular complexity index is 863. The normalized spacial score (nSPS) is 18.9. The van der Waals surface area contributed by atoms with Crippen molar-refractivity contribution in [2.75, 3.05) is 32.7 Å². The number of nitrogens with one attached hydrogen (secondary N) is 3. The lowest BCUT2D eigenvalue weighted by Gasteiger charge is -2.33. The Morgan fingerprint density at radius 2 is 1.83 bits per heavy atom. The fourth-order valence-electron chi connectivity index (χ4n) is 4.69. The van der Waals surface area contributed by atoms with Crippen molar-refractivity contribution in [3.63, 3.8) is 0 Å². The first-order chi connectivity index (χ1) is 16.9. The predicted molar refractivity (Wildman–Crippen MR) is 138 cm³/mol. The minimum Gasteiger partial charge on any atom is -0.459 e. The summed E-state index contributed by atoms with van der Waals surface area (Å²) in [7, 11) is 0. The van der Waals surface area contributed by atoms with Gasteiger partial charge in [-0.3, -0.25) is 14.4 Å². The van der Waals surface area contributed by atoms with Crippen LogP contribution in [0.4, 0.5) is 0 Å². The second kappa shape index (κ2) is 15.5. The first-order valence-electron chi connectivity index (χ1n) is 12.7. The van der Waals surface area contributed by atoms with Crippen LogP contribution in [-0.4, -0.2) is 67.4 Å². The van der Waals surface area contributed by atoms with Crippen LogP contribution in [0.25, 0.3) is 0 Å². The van der Waals surface area contributed by atoms with Crippen LogP contribution >= 0.6 is 12.4 Å². The molecule has 2 saturated heterocycles. The highest BCUT2D eigenvalue weighted by Crippen LogP contribution is 2.21. The molecule has 1 aromatic carbocycles. The number of amides is 3. The molecule has 2 heterocycles. The highest BCUT2D eigenvalue weighted by atomic mass is 35.5. The van der Waals surface area contributed by atoms with E-state index in [1.165, 1.54) is 6.92 Å². The molecule has 0 aliphatic carbocycles. The van der Waals surface area contributed by atoms with E-state index in [2.05, 4.69) is 16.0 Å². The van der Waals surface area contributed by atoms with Gasteiger partial charge in [0.1, 0.15) is 12.6 Å². The smallest absolute Gasteiger partial charge is 0.330 e. The average molecular weight is 523 g/mol. The third kappa shape index (κ3) is 9.78. The van der Waals surface area contributed by atoms with E-state index in [1.807, 2.05) is 30.3 Å². The number of piperidine rings is 2. The van der Waals surface area contributed by atoms with Gasteiger partial charge in [0.2, 0.25) is 17.7 Å². The Morgan fingerprint density at radius 3 is 2.53 bits per heavy atom. The summed E-state index contributed by atoms with van der Waals surface area (Å²) in [5.41, 5.74) is 0.832. The van der Waals surface area contributed by atoms with Crippen LogP contribution in [0, 0.1) is 11.8 Å². The quantitative estimate of drug-likeness (QED) is 0.403. The highest BCUT2D eigenvalue weighted by Gasteiger charge is 2.30. The second-order valence-corrected chi connectivity index (χ2v) is 9.50. The van der Waals surface area contributed by atoms with Gasteiger partial charge in [0.15, 0.2) is 0 Å². The minimum absolute atomic E-state index is 0. The van der Waals surface area contributed by atoms with E-state index in [4.69, 9.17) is 4.74 Å². The van der Waals surface area contributed by atoms with Crippen LogP contribution in [0.5, 0.6) is 0 Å². The highest BCUT2D eigenvalue weighted by molar-refractivity contribution is 5.86. The standard InChI is InChI=1S/C26H38N4O5.ClH/c1-19(31)29-23(26(34)35-18-21-6-3-2-4-7-21)16-28-25(33)22-8-5-15-30(17-22)24(32)10-9-20-11-13-27-14-12-20;/h2-4,6-7,20,22-23,27H,5,8-18H2,1H3,(H,28,33)(H,29,31);1H/t22-,23?;/m1./s1. The van der Waals surface area contributed by atoms with Gasteiger partial charge in [-0.2, -0.15) is 0 Å². The molecule has 200 valence electrons. The summed E-state index contributed by atoms with van der Waals surface area (Å²) in [5, 5.41) is 8.68. The van der Waals surface area contributed by atoms with Crippen molar-refractivity contribution in [1.82, 2.24) is 20.9 Å². The van der Waals surface area contributed by atoms with Gasteiger partial charge in [0.25, 0.3) is 0 Å². The molecule has 2 atom stereocenters. The number of ether oxygens (including phenoxy) is 1. The number of benzene rings is 1. The third-order valence-corrected chi connectivity index (χ3v) is 6.74. The SMILES string of the molecule is CC(=O)NC(CNC(=O)[C@@H]1CCCN(C(=O)CCC2CCNCC2)C1)C(=O)OCc1ccccc1.Cl. The molecule has 2 aliphatic heterocycles. The number of halogens is 1. The van der Waals surface area contributed by atoms with Crippen molar-refractivity contribution in [1.29, 1.82) is 0 Å². The van der Waals surface area contributed by atoms with Gasteiger partial charge in [-0.25, -0.2) is 4.79 Å². The van der Waals surface area contributed by atoms with Crippen molar-refractivity contribution in [2.45, 2.75) is 58.1 Å². The zero-order chi connectivity index (χ0) is 25.0. The fourth-order valence-corrected chi connectivity index (χ4v) is 4.69. The summed E-state index contributed by atoms with van der Waals surface area (Å²) in [6, 6.07) is 8.26. The van der Waals surface area contributed by atoms with E-state index < -0.39 is 12.0 Å². The number of nitrogens with zero attached hydrogens (tertiary/aromatic N) is 1. The molecular weight excluding hydrogens is 484 g/mol. The molecule has 0 saturated carbocycles. The van der Waals surface area contributed by atoms with Crippen LogP contribution < -0.4 is 16.0 Å². The van der Waals surface area contributed by atoms with E-state index in [9.17, 15) is 19.2 Å². The lowest BCUT2D eigenvalue weighted by molar-refractivity contribution is -0.149. The third-order valence-electron chi connectivity index (χ3n) is 6.74. The summed E-state index contributed by atoms with van der Waals surface area (Å²) in [5.74, 6) is -0.832. The molecule has 9 nitrogen and oxygen atoms in total. The largest absolute Gasteiger partial charge is 0.459 e. The first-order valence-corrected chi connectivity index (χ1v) is 12.7. The second-order valence-electron chi connectivity index (χ2n) is 9.50. The van der Waals surface area contributed by atoms with Crippen molar-refractivity contribution < 1.29 is 23.9 Å². The Labute approximate surface area is 219 Å². The molecule has 2 aliphatic rings. The first kappa shape index (κ1) is 29.6. The molecule has 36 heavy (non-hydrogen) atoms. The van der Waals surface area contributed by atoms with Crippen LogP contribution in [0.2, 0.25) is 0 Å². The van der Waals surface area contributed by atoms with Gasteiger partial charge in [-0.1, -0.05) is 30.3 Å². The number of hydrogen-bond acceptors (Lipinski definition) is 6. The molecule has 0 spiro atoms. The van der Waals surface area contributed by atoms with E-state index in [1.54, 1.807) is 4.90 Å². The molecule has 0 aromatic heterocycles. The van der Waals surface area contributed by atoms with E-state index in [0.717, 1.165) is 44.3 Å². The van der Waals surface area contributed by atoms with Crippen LogP contribution in [0.1, 0.15) is 51.0 Å². The number of carbonyl (C=O) groups excluding carboxylic acids is 4. The maximum Gasteiger partial charge on any atom is 0.330 e. The summed E-state index contributed by atoms with van der Waals surface area (Å²) in [4.78, 5) is 51.5. The minimum atomic E-state index is -0.980. The Hall–Kier alpha value is -2.65. The molecule has 3 amide bonds. The molecule has 1 unspecified atom stereocenters. The maximum atomic E-state index is 12.8. The van der Waals surface area contributed by atoms with Crippen molar-refractivity contribution in [2.24, 2.45) is 11.8 Å². The van der Waals surface area contributed by atoms with Gasteiger partial charge in [-0.05, 0) is 56.7 Å². The lowest BCUT2D eigenvalue weighted by Crippen LogP contribution is -2.51. The summed E-state index contributed by atoms with van der Waals surface area (Å²) in [6.07, 6.45) is 5.11.